The standard InChI is InChI=1S/C27H28Cl2N2O3S2/c1-18-12-19(2)17-31(16-18)36(33,34)23-10-11-26(35-22-8-5-7-21(28)13-22)24(14-23)27(32)30-15-20-6-3-4-9-25(20)29/h3-11,13-14,18-19H,12,15-17H2,1-2H3,(H,30,32)/t18-,19-/m0/s1. The van der Waals surface area contributed by atoms with Gasteiger partial charge in [-0.2, -0.15) is 4.31 Å². The normalized spacial score (nSPS) is 18.7. The summed E-state index contributed by atoms with van der Waals surface area (Å²) in [5, 5.41) is 4.03. The molecule has 3 aromatic rings. The fourth-order valence-electron chi connectivity index (χ4n) is 4.46. The van der Waals surface area contributed by atoms with Crippen molar-refractivity contribution in [3.63, 3.8) is 0 Å². The van der Waals surface area contributed by atoms with Crippen molar-refractivity contribution in [1.82, 2.24) is 9.62 Å². The Labute approximate surface area is 227 Å². The molecule has 1 N–H and O–H groups in total. The Kier molecular flexibility index (Phi) is 8.68. The van der Waals surface area contributed by atoms with Crippen LogP contribution >= 0.6 is 35.0 Å². The molecule has 1 fully saturated rings. The molecule has 3 aromatic carbocycles. The molecule has 0 aromatic heterocycles. The van der Waals surface area contributed by atoms with E-state index in [9.17, 15) is 13.2 Å². The number of nitrogens with one attached hydrogen (secondary N) is 1. The van der Waals surface area contributed by atoms with Crippen molar-refractivity contribution < 1.29 is 13.2 Å². The molecule has 0 bridgehead atoms. The summed E-state index contributed by atoms with van der Waals surface area (Å²) in [5.74, 6) is 0.177. The monoisotopic (exact) mass is 562 g/mol. The quantitative estimate of drug-likeness (QED) is 0.346. The molecule has 4 rings (SSSR count). The minimum Gasteiger partial charge on any atom is -0.348 e. The zero-order valence-electron chi connectivity index (χ0n) is 20.1. The van der Waals surface area contributed by atoms with E-state index in [1.165, 1.54) is 22.1 Å². The molecule has 0 radical (unpaired) electrons. The van der Waals surface area contributed by atoms with Gasteiger partial charge in [-0.1, -0.05) is 73.1 Å². The number of piperidine rings is 1. The molecule has 9 heteroatoms. The highest BCUT2D eigenvalue weighted by Crippen LogP contribution is 2.34. The molecule has 1 saturated heterocycles. The molecule has 0 saturated carbocycles. The summed E-state index contributed by atoms with van der Waals surface area (Å²) in [6.45, 7) is 5.30. The van der Waals surface area contributed by atoms with Crippen LogP contribution in [0.4, 0.5) is 0 Å². The minimum atomic E-state index is -3.75. The number of benzene rings is 3. The zero-order valence-corrected chi connectivity index (χ0v) is 23.2. The van der Waals surface area contributed by atoms with Crippen LogP contribution in [-0.4, -0.2) is 31.7 Å². The first kappa shape index (κ1) is 27.0. The fraction of sp³-hybridized carbons (Fsp3) is 0.296. The molecule has 36 heavy (non-hydrogen) atoms. The predicted octanol–water partition coefficient (Wildman–Crippen LogP) is 6.74. The third-order valence-corrected chi connectivity index (χ3v) is 9.59. The maximum absolute atomic E-state index is 13.5. The molecule has 1 aliphatic heterocycles. The van der Waals surface area contributed by atoms with E-state index in [-0.39, 0.29) is 34.7 Å². The number of hydrogen-bond donors (Lipinski definition) is 1. The van der Waals surface area contributed by atoms with Crippen LogP contribution in [0.15, 0.2) is 81.4 Å². The van der Waals surface area contributed by atoms with Crippen molar-refractivity contribution in [1.29, 1.82) is 0 Å². The van der Waals surface area contributed by atoms with Gasteiger partial charge in [0.25, 0.3) is 5.91 Å². The number of carbonyl (C=O) groups is 1. The van der Waals surface area contributed by atoms with Gasteiger partial charge in [-0.05, 0) is 66.3 Å². The van der Waals surface area contributed by atoms with Crippen LogP contribution in [0.3, 0.4) is 0 Å². The fourth-order valence-corrected chi connectivity index (χ4v) is 7.61. The van der Waals surface area contributed by atoms with E-state index in [2.05, 4.69) is 19.2 Å². The predicted molar refractivity (Wildman–Crippen MR) is 146 cm³/mol. The molecular weight excluding hydrogens is 535 g/mol. The maximum atomic E-state index is 13.5. The topological polar surface area (TPSA) is 66.5 Å². The lowest BCUT2D eigenvalue weighted by molar-refractivity contribution is 0.0947. The van der Waals surface area contributed by atoms with Crippen molar-refractivity contribution in [2.45, 2.75) is 41.5 Å². The van der Waals surface area contributed by atoms with Crippen molar-refractivity contribution >= 4 is 50.9 Å². The summed E-state index contributed by atoms with van der Waals surface area (Å²) in [7, 11) is -3.75. The van der Waals surface area contributed by atoms with Gasteiger partial charge in [0.2, 0.25) is 10.0 Å². The van der Waals surface area contributed by atoms with Crippen LogP contribution < -0.4 is 5.32 Å². The van der Waals surface area contributed by atoms with E-state index >= 15 is 0 Å². The zero-order chi connectivity index (χ0) is 25.9. The summed E-state index contributed by atoms with van der Waals surface area (Å²) in [6, 6.07) is 19.3. The number of nitrogens with zero attached hydrogens (tertiary/aromatic N) is 1. The highest BCUT2D eigenvalue weighted by molar-refractivity contribution is 7.99. The van der Waals surface area contributed by atoms with Gasteiger partial charge in [-0.25, -0.2) is 8.42 Å². The Morgan fingerprint density at radius 3 is 2.42 bits per heavy atom. The minimum absolute atomic E-state index is 0.113. The second-order valence-corrected chi connectivity index (χ2v) is 13.2. The van der Waals surface area contributed by atoms with E-state index in [1.807, 2.05) is 30.3 Å². The number of rotatable bonds is 7. The molecule has 0 spiro atoms. The van der Waals surface area contributed by atoms with Crippen molar-refractivity contribution in [3.8, 4) is 0 Å². The smallest absolute Gasteiger partial charge is 0.252 e. The van der Waals surface area contributed by atoms with Crippen molar-refractivity contribution in [2.75, 3.05) is 13.1 Å². The van der Waals surface area contributed by atoms with Crippen molar-refractivity contribution in [2.24, 2.45) is 11.8 Å². The van der Waals surface area contributed by atoms with Gasteiger partial charge in [0.05, 0.1) is 10.5 Å². The molecule has 0 unspecified atom stereocenters. The van der Waals surface area contributed by atoms with Crippen LogP contribution in [0.5, 0.6) is 0 Å². The number of carbonyl (C=O) groups excluding carboxylic acids is 1. The Bertz CT molecular complexity index is 1350. The summed E-state index contributed by atoms with van der Waals surface area (Å²) >= 11 is 13.8. The lowest BCUT2D eigenvalue weighted by atomic mass is 9.94. The van der Waals surface area contributed by atoms with Gasteiger partial charge < -0.3 is 5.32 Å². The van der Waals surface area contributed by atoms with E-state index < -0.39 is 10.0 Å². The van der Waals surface area contributed by atoms with Gasteiger partial charge in [0.15, 0.2) is 0 Å². The number of sulfonamides is 1. The van der Waals surface area contributed by atoms with E-state index in [4.69, 9.17) is 23.2 Å². The molecule has 0 aliphatic carbocycles. The molecular formula is C27H28Cl2N2O3S2. The van der Waals surface area contributed by atoms with Gasteiger partial charge >= 0.3 is 0 Å². The van der Waals surface area contributed by atoms with Crippen LogP contribution in [0.2, 0.25) is 10.0 Å². The Morgan fingerprint density at radius 2 is 1.72 bits per heavy atom. The molecule has 5 nitrogen and oxygen atoms in total. The third kappa shape index (κ3) is 6.45. The molecule has 1 aliphatic rings. The lowest BCUT2D eigenvalue weighted by Crippen LogP contribution is -2.42. The molecule has 2 atom stereocenters. The number of halogens is 2. The third-order valence-electron chi connectivity index (χ3n) is 6.09. The van der Waals surface area contributed by atoms with Crippen LogP contribution in [0.25, 0.3) is 0 Å². The average molecular weight is 564 g/mol. The summed E-state index contributed by atoms with van der Waals surface area (Å²) in [5.41, 5.74) is 1.06. The van der Waals surface area contributed by atoms with Crippen LogP contribution in [-0.2, 0) is 16.6 Å². The van der Waals surface area contributed by atoms with Gasteiger partial charge in [0, 0.05) is 39.5 Å². The molecule has 1 amide bonds. The second-order valence-electron chi connectivity index (χ2n) is 9.26. The first-order chi connectivity index (χ1) is 17.1. The number of hydrogen-bond acceptors (Lipinski definition) is 4. The summed E-state index contributed by atoms with van der Waals surface area (Å²) in [6.07, 6.45) is 0.997. The first-order valence-electron chi connectivity index (χ1n) is 11.7. The molecule has 1 heterocycles. The van der Waals surface area contributed by atoms with Crippen LogP contribution in [0, 0.1) is 11.8 Å². The lowest BCUT2D eigenvalue weighted by Gasteiger charge is -2.34. The highest BCUT2D eigenvalue weighted by atomic mass is 35.5. The van der Waals surface area contributed by atoms with E-state index in [0.29, 0.717) is 28.0 Å². The Morgan fingerprint density at radius 1 is 1.00 bits per heavy atom. The van der Waals surface area contributed by atoms with E-state index in [1.54, 1.807) is 30.3 Å². The Hall–Kier alpha value is -2.03. The second kappa shape index (κ2) is 11.6. The number of amides is 1. The largest absolute Gasteiger partial charge is 0.348 e. The highest BCUT2D eigenvalue weighted by Gasteiger charge is 2.32. The molecule has 190 valence electrons. The van der Waals surface area contributed by atoms with Gasteiger partial charge in [-0.3, -0.25) is 4.79 Å². The van der Waals surface area contributed by atoms with Crippen LogP contribution in [0.1, 0.15) is 36.2 Å². The maximum Gasteiger partial charge on any atom is 0.252 e. The SMILES string of the molecule is C[C@H]1C[C@H](C)CN(S(=O)(=O)c2ccc(Sc3cccc(Cl)c3)c(C(=O)NCc3ccccc3Cl)c2)C1. The van der Waals surface area contributed by atoms with Crippen molar-refractivity contribution in [3.05, 3.63) is 87.9 Å². The summed E-state index contributed by atoms with van der Waals surface area (Å²) in [4.78, 5) is 15.0. The average Bonchev–Trinajstić information content (AvgIpc) is 2.83. The van der Waals surface area contributed by atoms with Gasteiger partial charge in [-0.15, -0.1) is 0 Å². The Balaban J connectivity index is 1.67. The van der Waals surface area contributed by atoms with Gasteiger partial charge in [0.1, 0.15) is 0 Å². The first-order valence-corrected chi connectivity index (χ1v) is 14.7. The van der Waals surface area contributed by atoms with E-state index in [0.717, 1.165) is 16.9 Å². The summed E-state index contributed by atoms with van der Waals surface area (Å²) < 4.78 is 28.6.